The molecule has 0 aliphatic carbocycles. The Labute approximate surface area is 201 Å². The molecule has 34 heavy (non-hydrogen) atoms. The molecule has 0 radical (unpaired) electrons. The smallest absolute Gasteiger partial charge is 0.254 e. The predicted molar refractivity (Wildman–Crippen MR) is 130 cm³/mol. The summed E-state index contributed by atoms with van der Waals surface area (Å²) in [4.78, 5) is 24.7. The number of carbonyl (C=O) groups is 2. The van der Waals surface area contributed by atoms with Gasteiger partial charge in [-0.1, -0.05) is 36.0 Å². The zero-order valence-corrected chi connectivity index (χ0v) is 19.8. The molecule has 0 unspecified atom stereocenters. The van der Waals surface area contributed by atoms with Crippen molar-refractivity contribution < 1.29 is 18.7 Å². The monoisotopic (exact) mass is 483 g/mol. The number of methoxy groups -OCH3 is 1. The fraction of sp³-hybridized carbons (Fsp3) is 0.250. The minimum Gasteiger partial charge on any atom is -0.495 e. The van der Waals surface area contributed by atoms with Crippen LogP contribution in [0, 0.1) is 12.7 Å². The van der Waals surface area contributed by atoms with Crippen LogP contribution in [-0.2, 0) is 17.8 Å². The number of rotatable bonds is 11. The Bertz CT molecular complexity index is 1180. The van der Waals surface area contributed by atoms with Crippen molar-refractivity contribution in [2.24, 2.45) is 0 Å². The van der Waals surface area contributed by atoms with Crippen molar-refractivity contribution in [2.75, 3.05) is 24.7 Å². The van der Waals surface area contributed by atoms with Gasteiger partial charge in [-0.25, -0.2) is 4.39 Å². The van der Waals surface area contributed by atoms with Crippen LogP contribution in [0.5, 0.6) is 5.75 Å². The largest absolute Gasteiger partial charge is 0.495 e. The number of aryl methyl sites for hydroxylation is 1. The first kappa shape index (κ1) is 25.0. The molecule has 0 aliphatic rings. The Balaban J connectivity index is 1.58. The summed E-state index contributed by atoms with van der Waals surface area (Å²) < 4.78 is 20.9. The van der Waals surface area contributed by atoms with Crippen molar-refractivity contribution in [3.05, 3.63) is 77.9 Å². The van der Waals surface area contributed by atoms with Crippen molar-refractivity contribution in [3.8, 4) is 5.75 Å². The molecule has 1 aromatic heterocycles. The molecule has 8 nitrogen and oxygen atoms in total. The molecule has 178 valence electrons. The molecule has 0 fully saturated rings. The molecule has 10 heteroatoms. The van der Waals surface area contributed by atoms with Crippen LogP contribution in [0.4, 0.5) is 10.1 Å². The van der Waals surface area contributed by atoms with Gasteiger partial charge in [0.1, 0.15) is 17.4 Å². The van der Waals surface area contributed by atoms with E-state index in [-0.39, 0.29) is 23.8 Å². The van der Waals surface area contributed by atoms with E-state index in [1.54, 1.807) is 25.3 Å². The number of benzene rings is 2. The number of thioether (sulfide) groups is 1. The lowest BCUT2D eigenvalue weighted by atomic mass is 10.2. The lowest BCUT2D eigenvalue weighted by Crippen LogP contribution is -2.27. The lowest BCUT2D eigenvalue weighted by Gasteiger charge is -2.11. The van der Waals surface area contributed by atoms with Crippen molar-refractivity contribution in [1.82, 2.24) is 20.1 Å². The minimum absolute atomic E-state index is 0.0115. The van der Waals surface area contributed by atoms with Crippen LogP contribution in [0.3, 0.4) is 0 Å². The summed E-state index contributed by atoms with van der Waals surface area (Å²) in [5, 5.41) is 14.5. The first-order valence-corrected chi connectivity index (χ1v) is 11.5. The van der Waals surface area contributed by atoms with E-state index in [0.717, 1.165) is 5.56 Å². The lowest BCUT2D eigenvalue weighted by molar-refractivity contribution is -0.113. The van der Waals surface area contributed by atoms with E-state index in [0.29, 0.717) is 35.4 Å². The van der Waals surface area contributed by atoms with Crippen molar-refractivity contribution in [1.29, 1.82) is 0 Å². The van der Waals surface area contributed by atoms with E-state index in [1.807, 2.05) is 23.6 Å². The number of carbonyl (C=O) groups excluding carboxylic acids is 2. The van der Waals surface area contributed by atoms with E-state index < -0.39 is 11.7 Å². The van der Waals surface area contributed by atoms with Gasteiger partial charge in [-0.3, -0.25) is 9.59 Å². The van der Waals surface area contributed by atoms with E-state index >= 15 is 0 Å². The fourth-order valence-corrected chi connectivity index (χ4v) is 3.95. The summed E-state index contributed by atoms with van der Waals surface area (Å²) >= 11 is 1.24. The summed E-state index contributed by atoms with van der Waals surface area (Å²) in [5.74, 6) is 0.0492. The first-order chi connectivity index (χ1) is 16.4. The van der Waals surface area contributed by atoms with Crippen LogP contribution in [0.15, 0.2) is 60.3 Å². The number of anilines is 1. The topological polar surface area (TPSA) is 98.1 Å². The van der Waals surface area contributed by atoms with E-state index in [2.05, 4.69) is 27.4 Å². The second-order valence-electron chi connectivity index (χ2n) is 7.32. The maximum absolute atomic E-state index is 13.8. The highest BCUT2D eigenvalue weighted by Crippen LogP contribution is 2.26. The second kappa shape index (κ2) is 12.0. The molecule has 1 heterocycles. The van der Waals surface area contributed by atoms with Crippen LogP contribution in [0.1, 0.15) is 21.7 Å². The van der Waals surface area contributed by atoms with Gasteiger partial charge in [0.25, 0.3) is 5.91 Å². The number of aromatic nitrogens is 3. The third-order valence-corrected chi connectivity index (χ3v) is 5.79. The molecule has 3 rings (SSSR count). The van der Waals surface area contributed by atoms with Crippen molar-refractivity contribution in [3.63, 3.8) is 0 Å². The number of ether oxygens (including phenoxy) is 1. The normalized spacial score (nSPS) is 10.6. The summed E-state index contributed by atoms with van der Waals surface area (Å²) in [5.41, 5.74) is 1.59. The van der Waals surface area contributed by atoms with Crippen LogP contribution in [-0.4, -0.2) is 46.0 Å². The molecule has 0 aliphatic heterocycles. The molecule has 0 spiro atoms. The zero-order valence-electron chi connectivity index (χ0n) is 19.0. The number of halogens is 1. The van der Waals surface area contributed by atoms with Crippen LogP contribution in [0.2, 0.25) is 0 Å². The van der Waals surface area contributed by atoms with Crippen LogP contribution >= 0.6 is 11.8 Å². The molecule has 0 bridgehead atoms. The number of hydrogen-bond donors (Lipinski definition) is 2. The Morgan fingerprint density at radius 1 is 1.24 bits per heavy atom. The summed E-state index contributed by atoms with van der Waals surface area (Å²) in [6, 6.07) is 11.3. The van der Waals surface area contributed by atoms with Gasteiger partial charge >= 0.3 is 0 Å². The SMILES string of the molecule is C=CCn1c(CCNC(=O)c2ccccc2F)nnc1SCC(=O)Nc1cc(C)ccc1OC. The summed E-state index contributed by atoms with van der Waals surface area (Å²) in [6.07, 6.45) is 2.08. The first-order valence-electron chi connectivity index (χ1n) is 10.6. The van der Waals surface area contributed by atoms with Gasteiger partial charge in [0.2, 0.25) is 5.91 Å². The van der Waals surface area contributed by atoms with Crippen LogP contribution in [0.25, 0.3) is 0 Å². The highest BCUT2D eigenvalue weighted by Gasteiger charge is 2.16. The number of allylic oxidation sites excluding steroid dienone is 1. The second-order valence-corrected chi connectivity index (χ2v) is 8.27. The summed E-state index contributed by atoms with van der Waals surface area (Å²) in [6.45, 7) is 6.39. The van der Waals surface area contributed by atoms with Gasteiger partial charge in [0.15, 0.2) is 5.16 Å². The highest BCUT2D eigenvalue weighted by molar-refractivity contribution is 7.99. The number of hydrogen-bond acceptors (Lipinski definition) is 6. The Kier molecular flexibility index (Phi) is 8.80. The average Bonchev–Trinajstić information content (AvgIpc) is 3.20. The Morgan fingerprint density at radius 3 is 2.76 bits per heavy atom. The van der Waals surface area contributed by atoms with Gasteiger partial charge in [0, 0.05) is 19.5 Å². The molecule has 0 saturated carbocycles. The summed E-state index contributed by atoms with van der Waals surface area (Å²) in [7, 11) is 1.55. The van der Waals surface area contributed by atoms with Gasteiger partial charge in [-0.2, -0.15) is 0 Å². The van der Waals surface area contributed by atoms with E-state index in [9.17, 15) is 14.0 Å². The quantitative estimate of drug-likeness (QED) is 0.319. The number of nitrogens with one attached hydrogen (secondary N) is 2. The van der Waals surface area contributed by atoms with Crippen molar-refractivity contribution in [2.45, 2.75) is 25.0 Å². The molecule has 0 atom stereocenters. The minimum atomic E-state index is -0.574. The van der Waals surface area contributed by atoms with Gasteiger partial charge < -0.3 is 19.9 Å². The Hall–Kier alpha value is -3.66. The molecule has 0 saturated heterocycles. The van der Waals surface area contributed by atoms with Crippen LogP contribution < -0.4 is 15.4 Å². The van der Waals surface area contributed by atoms with Crippen molar-refractivity contribution >= 4 is 29.3 Å². The molecular weight excluding hydrogens is 457 g/mol. The van der Waals surface area contributed by atoms with Gasteiger partial charge in [-0.15, -0.1) is 16.8 Å². The van der Waals surface area contributed by atoms with Gasteiger partial charge in [0.05, 0.1) is 24.1 Å². The molecule has 2 aromatic carbocycles. The molecular formula is C24H26FN5O3S. The molecule has 2 amide bonds. The van der Waals surface area contributed by atoms with Gasteiger partial charge in [-0.05, 0) is 36.8 Å². The van der Waals surface area contributed by atoms with E-state index in [4.69, 9.17) is 4.74 Å². The fourth-order valence-electron chi connectivity index (χ4n) is 3.19. The highest BCUT2D eigenvalue weighted by atomic mass is 32.2. The third-order valence-electron chi connectivity index (χ3n) is 4.82. The maximum atomic E-state index is 13.8. The number of amides is 2. The third kappa shape index (κ3) is 6.44. The average molecular weight is 484 g/mol. The maximum Gasteiger partial charge on any atom is 0.254 e. The predicted octanol–water partition coefficient (Wildman–Crippen LogP) is 3.62. The number of nitrogens with zero attached hydrogens (tertiary/aromatic N) is 3. The standard InChI is InChI=1S/C24H26FN5O3S/c1-4-13-30-21(11-12-26-23(32)17-7-5-6-8-18(17)25)28-29-24(30)34-15-22(31)27-19-14-16(2)9-10-20(19)33-3/h4-10,14H,1,11-13,15H2,2-3H3,(H,26,32)(H,27,31). The van der Waals surface area contributed by atoms with E-state index in [1.165, 1.54) is 30.0 Å². The molecule has 3 aromatic rings. The Morgan fingerprint density at radius 2 is 2.03 bits per heavy atom. The molecule has 2 N–H and O–H groups in total. The zero-order chi connectivity index (χ0) is 24.5.